The molecule has 0 N–H and O–H groups in total. The van der Waals surface area contributed by atoms with Gasteiger partial charge in [-0.25, -0.2) is 0 Å². The second-order valence-electron chi connectivity index (χ2n) is 2.70. The van der Waals surface area contributed by atoms with Crippen molar-refractivity contribution in [3.8, 4) is 0 Å². The number of rotatable bonds is 1. The van der Waals surface area contributed by atoms with Gasteiger partial charge in [0, 0.05) is 6.61 Å². The van der Waals surface area contributed by atoms with E-state index in [1.165, 1.54) is 0 Å². The highest BCUT2D eigenvalue weighted by Gasteiger charge is 2.15. The first-order valence-electron chi connectivity index (χ1n) is 3.57. The Labute approximate surface area is 56.7 Å². The monoisotopic (exact) mass is 126 g/mol. The largest absolute Gasteiger partial charge is 0.378 e. The number of ether oxygens (including phenoxy) is 1. The van der Waals surface area contributed by atoms with Crippen LogP contribution in [0.5, 0.6) is 0 Å². The third-order valence-electron chi connectivity index (χ3n) is 1.86. The van der Waals surface area contributed by atoms with Crippen LogP contribution in [0.3, 0.4) is 0 Å². The van der Waals surface area contributed by atoms with Gasteiger partial charge in [0.1, 0.15) is 0 Å². The molecule has 0 aromatic carbocycles. The van der Waals surface area contributed by atoms with Crippen molar-refractivity contribution < 1.29 is 4.74 Å². The van der Waals surface area contributed by atoms with Crippen LogP contribution in [0.15, 0.2) is 12.7 Å². The van der Waals surface area contributed by atoms with Crippen molar-refractivity contribution in [3.05, 3.63) is 12.7 Å². The van der Waals surface area contributed by atoms with Crippen LogP contribution in [0.4, 0.5) is 0 Å². The molecule has 1 rings (SSSR count). The van der Waals surface area contributed by atoms with E-state index in [0.29, 0.717) is 12.0 Å². The second kappa shape index (κ2) is 3.02. The summed E-state index contributed by atoms with van der Waals surface area (Å²) in [6.07, 6.45) is 4.80. The summed E-state index contributed by atoms with van der Waals surface area (Å²) >= 11 is 0. The van der Waals surface area contributed by atoms with Gasteiger partial charge >= 0.3 is 0 Å². The molecule has 9 heavy (non-hydrogen) atoms. The van der Waals surface area contributed by atoms with E-state index >= 15 is 0 Å². The van der Waals surface area contributed by atoms with Crippen molar-refractivity contribution in [2.24, 2.45) is 5.92 Å². The van der Waals surface area contributed by atoms with Crippen molar-refractivity contribution in [2.45, 2.75) is 25.9 Å². The van der Waals surface area contributed by atoms with Gasteiger partial charge in [-0.05, 0) is 25.7 Å². The Morgan fingerprint density at radius 3 is 2.89 bits per heavy atom. The average molecular weight is 126 g/mol. The van der Waals surface area contributed by atoms with E-state index in [4.69, 9.17) is 4.74 Å². The Morgan fingerprint density at radius 1 is 1.67 bits per heavy atom. The Hall–Kier alpha value is -0.300. The zero-order chi connectivity index (χ0) is 6.69. The quantitative estimate of drug-likeness (QED) is 0.488. The minimum atomic E-state index is 0.446. The maximum Gasteiger partial charge on any atom is 0.0552 e. The minimum absolute atomic E-state index is 0.446. The molecule has 0 aromatic rings. The molecule has 1 heterocycles. The molecule has 2 atom stereocenters. The highest BCUT2D eigenvalue weighted by molar-refractivity contribution is 4.82. The van der Waals surface area contributed by atoms with Crippen LogP contribution in [-0.4, -0.2) is 12.7 Å². The summed E-state index contributed by atoms with van der Waals surface area (Å²) in [5.41, 5.74) is 0. The van der Waals surface area contributed by atoms with Crippen LogP contribution < -0.4 is 0 Å². The highest BCUT2D eigenvalue weighted by atomic mass is 16.5. The lowest BCUT2D eigenvalue weighted by Gasteiger charge is -2.24. The third kappa shape index (κ3) is 1.83. The summed E-state index contributed by atoms with van der Waals surface area (Å²) in [6, 6.07) is 0. The van der Waals surface area contributed by atoms with Gasteiger partial charge in [0.05, 0.1) is 6.10 Å². The van der Waals surface area contributed by atoms with Gasteiger partial charge < -0.3 is 4.74 Å². The van der Waals surface area contributed by atoms with E-state index in [-0.39, 0.29) is 0 Å². The normalized spacial score (nSPS) is 36.1. The first-order chi connectivity index (χ1) is 4.33. The molecule has 0 spiro atoms. The van der Waals surface area contributed by atoms with E-state index in [1.54, 1.807) is 0 Å². The van der Waals surface area contributed by atoms with Crippen molar-refractivity contribution in [2.75, 3.05) is 6.61 Å². The predicted molar refractivity (Wildman–Crippen MR) is 38.3 cm³/mol. The Kier molecular flexibility index (Phi) is 2.29. The Bertz CT molecular complexity index is 98.7. The summed E-state index contributed by atoms with van der Waals surface area (Å²) in [6.45, 7) is 6.80. The van der Waals surface area contributed by atoms with E-state index in [1.807, 2.05) is 6.08 Å². The second-order valence-corrected chi connectivity index (χ2v) is 2.70. The summed E-state index contributed by atoms with van der Waals surface area (Å²) in [5, 5.41) is 0. The fraction of sp³-hybridized carbons (Fsp3) is 0.750. The van der Waals surface area contributed by atoms with Gasteiger partial charge in [-0.1, -0.05) is 6.08 Å². The van der Waals surface area contributed by atoms with E-state index in [2.05, 4.69) is 13.5 Å². The maximum absolute atomic E-state index is 5.36. The molecule has 52 valence electrons. The van der Waals surface area contributed by atoms with Crippen LogP contribution in [-0.2, 0) is 4.74 Å². The molecule has 1 fully saturated rings. The molecule has 1 nitrogen and oxygen atoms in total. The molecule has 0 saturated carbocycles. The van der Waals surface area contributed by atoms with Crippen molar-refractivity contribution in [1.29, 1.82) is 0 Å². The Morgan fingerprint density at radius 2 is 2.44 bits per heavy atom. The van der Waals surface area contributed by atoms with Crippen LogP contribution in [0.1, 0.15) is 19.8 Å². The van der Waals surface area contributed by atoms with Crippen molar-refractivity contribution in [3.63, 3.8) is 0 Å². The van der Waals surface area contributed by atoms with Gasteiger partial charge in [-0.2, -0.15) is 0 Å². The molecule has 2 unspecified atom stereocenters. The molecule has 0 aliphatic carbocycles. The molecule has 0 bridgehead atoms. The van der Waals surface area contributed by atoms with E-state index < -0.39 is 0 Å². The highest BCUT2D eigenvalue weighted by Crippen LogP contribution is 2.19. The molecule has 1 aliphatic heterocycles. The summed E-state index contributed by atoms with van der Waals surface area (Å²) < 4.78 is 5.36. The Balaban J connectivity index is 2.31. The molecular formula is C8H14O. The van der Waals surface area contributed by atoms with Gasteiger partial charge in [0.15, 0.2) is 0 Å². The fourth-order valence-corrected chi connectivity index (χ4v) is 1.25. The molecule has 1 saturated heterocycles. The van der Waals surface area contributed by atoms with Crippen LogP contribution in [0.2, 0.25) is 0 Å². The summed E-state index contributed by atoms with van der Waals surface area (Å²) in [4.78, 5) is 0. The van der Waals surface area contributed by atoms with Crippen LogP contribution in [0, 0.1) is 5.92 Å². The molecule has 1 aliphatic rings. The minimum Gasteiger partial charge on any atom is -0.378 e. The lowest BCUT2D eigenvalue weighted by atomic mass is 9.97. The summed E-state index contributed by atoms with van der Waals surface area (Å²) in [5.74, 6) is 0.703. The van der Waals surface area contributed by atoms with Crippen molar-refractivity contribution >= 4 is 0 Å². The molecule has 0 amide bonds. The lowest BCUT2D eigenvalue weighted by Crippen LogP contribution is -2.21. The fourth-order valence-electron chi connectivity index (χ4n) is 1.25. The van der Waals surface area contributed by atoms with Crippen LogP contribution in [0.25, 0.3) is 0 Å². The van der Waals surface area contributed by atoms with Gasteiger partial charge in [-0.3, -0.25) is 0 Å². The standard InChI is InChI=1S/C8H14O/c1-3-8-4-5-9-7(2)6-8/h3,7-8H,1,4-6H2,2H3. The number of hydrogen-bond donors (Lipinski definition) is 0. The molecule has 0 radical (unpaired) electrons. The summed E-state index contributed by atoms with van der Waals surface area (Å²) in [7, 11) is 0. The zero-order valence-electron chi connectivity index (χ0n) is 5.97. The molecular weight excluding hydrogens is 112 g/mol. The topological polar surface area (TPSA) is 9.23 Å². The van der Waals surface area contributed by atoms with Crippen LogP contribution >= 0.6 is 0 Å². The number of allylic oxidation sites excluding steroid dienone is 1. The molecule has 1 heteroatoms. The van der Waals surface area contributed by atoms with Crippen molar-refractivity contribution in [1.82, 2.24) is 0 Å². The van der Waals surface area contributed by atoms with Gasteiger partial charge in [0.2, 0.25) is 0 Å². The average Bonchev–Trinajstić information content (AvgIpc) is 1.88. The zero-order valence-corrected chi connectivity index (χ0v) is 5.97. The smallest absolute Gasteiger partial charge is 0.0552 e. The number of hydrogen-bond acceptors (Lipinski definition) is 1. The SMILES string of the molecule is C=CC1CCOC(C)C1. The van der Waals surface area contributed by atoms with Gasteiger partial charge in [-0.15, -0.1) is 6.58 Å². The van der Waals surface area contributed by atoms with Gasteiger partial charge in [0.25, 0.3) is 0 Å². The maximum atomic E-state index is 5.36. The van der Waals surface area contributed by atoms with E-state index in [0.717, 1.165) is 19.4 Å². The molecule has 0 aromatic heterocycles. The predicted octanol–water partition coefficient (Wildman–Crippen LogP) is 1.99. The third-order valence-corrected chi connectivity index (χ3v) is 1.86. The first kappa shape index (κ1) is 6.81. The van der Waals surface area contributed by atoms with E-state index in [9.17, 15) is 0 Å². The first-order valence-corrected chi connectivity index (χ1v) is 3.57. The lowest BCUT2D eigenvalue weighted by molar-refractivity contribution is 0.0127.